The predicted molar refractivity (Wildman–Crippen MR) is 98.1 cm³/mol. The van der Waals surface area contributed by atoms with E-state index in [-0.39, 0.29) is 5.56 Å². The molecule has 0 unspecified atom stereocenters. The summed E-state index contributed by atoms with van der Waals surface area (Å²) in [5.41, 5.74) is 2.26. The van der Waals surface area contributed by atoms with Crippen LogP contribution in [-0.2, 0) is 6.54 Å². The van der Waals surface area contributed by atoms with E-state index in [4.69, 9.17) is 0 Å². The molecule has 0 spiro atoms. The van der Waals surface area contributed by atoms with Crippen LogP contribution in [0.1, 0.15) is 5.69 Å². The van der Waals surface area contributed by atoms with Crippen LogP contribution >= 0.6 is 27.3 Å². The molecule has 0 saturated heterocycles. The van der Waals surface area contributed by atoms with E-state index < -0.39 is 0 Å². The van der Waals surface area contributed by atoms with Crippen molar-refractivity contribution in [1.29, 1.82) is 0 Å². The van der Waals surface area contributed by atoms with Gasteiger partial charge in [-0.25, -0.2) is 9.97 Å². The van der Waals surface area contributed by atoms with Gasteiger partial charge in [-0.05, 0) is 30.3 Å². The molecule has 0 radical (unpaired) electrons. The van der Waals surface area contributed by atoms with E-state index in [0.717, 1.165) is 20.9 Å². The van der Waals surface area contributed by atoms with Crippen molar-refractivity contribution >= 4 is 38.2 Å². The Balaban J connectivity index is 1.69. The average molecular weight is 399 g/mol. The minimum absolute atomic E-state index is 0.0753. The van der Waals surface area contributed by atoms with Gasteiger partial charge in [0.25, 0.3) is 5.56 Å². The summed E-state index contributed by atoms with van der Waals surface area (Å²) in [6.45, 7) is 0.387. The van der Waals surface area contributed by atoms with Crippen LogP contribution in [0.15, 0.2) is 63.6 Å². The highest BCUT2D eigenvalue weighted by molar-refractivity contribution is 9.10. The molecule has 4 rings (SSSR count). The molecule has 3 aromatic heterocycles. The minimum Gasteiger partial charge on any atom is -0.293 e. The Morgan fingerprint density at radius 2 is 2.08 bits per heavy atom. The lowest BCUT2D eigenvalue weighted by Crippen LogP contribution is -2.21. The number of hydrogen-bond donors (Lipinski definition) is 0. The molecule has 4 aromatic rings. The third-order valence-electron chi connectivity index (χ3n) is 3.55. The van der Waals surface area contributed by atoms with Gasteiger partial charge in [0.05, 0.1) is 35.2 Å². The molecule has 5 nitrogen and oxygen atoms in total. The van der Waals surface area contributed by atoms with Gasteiger partial charge < -0.3 is 0 Å². The summed E-state index contributed by atoms with van der Waals surface area (Å²) in [5, 5.41) is 3.38. The van der Waals surface area contributed by atoms with Crippen molar-refractivity contribution in [3.63, 3.8) is 0 Å². The lowest BCUT2D eigenvalue weighted by atomic mass is 10.2. The third-order valence-corrected chi connectivity index (χ3v) is 4.96. The third kappa shape index (κ3) is 2.88. The zero-order valence-electron chi connectivity index (χ0n) is 12.4. The smallest absolute Gasteiger partial charge is 0.261 e. The highest BCUT2D eigenvalue weighted by Crippen LogP contribution is 2.21. The highest BCUT2D eigenvalue weighted by atomic mass is 79.9. The summed E-state index contributed by atoms with van der Waals surface area (Å²) < 4.78 is 2.43. The van der Waals surface area contributed by atoms with Gasteiger partial charge in [-0.1, -0.05) is 22.0 Å². The number of rotatable bonds is 3. The lowest BCUT2D eigenvalue weighted by molar-refractivity contribution is 0.734. The summed E-state index contributed by atoms with van der Waals surface area (Å²) in [6.07, 6.45) is 3.31. The molecule has 0 atom stereocenters. The van der Waals surface area contributed by atoms with Gasteiger partial charge in [0.2, 0.25) is 0 Å². The van der Waals surface area contributed by atoms with Crippen LogP contribution in [0.5, 0.6) is 0 Å². The second-order valence-corrected chi connectivity index (χ2v) is 6.97. The number of nitrogens with zero attached hydrogens (tertiary/aromatic N) is 4. The van der Waals surface area contributed by atoms with Gasteiger partial charge in [0.1, 0.15) is 5.01 Å². The number of fused-ring (bicyclic) bond motifs is 1. The first kappa shape index (κ1) is 15.2. The molecule has 0 fully saturated rings. The average Bonchev–Trinajstić information content (AvgIpc) is 3.07. The van der Waals surface area contributed by atoms with Crippen LogP contribution in [0.4, 0.5) is 0 Å². The van der Waals surface area contributed by atoms with Crippen molar-refractivity contribution in [2.75, 3.05) is 0 Å². The van der Waals surface area contributed by atoms with Crippen molar-refractivity contribution in [2.45, 2.75) is 6.54 Å². The van der Waals surface area contributed by atoms with Crippen LogP contribution in [0, 0.1) is 0 Å². The van der Waals surface area contributed by atoms with Gasteiger partial charge in [-0.15, -0.1) is 11.3 Å². The summed E-state index contributed by atoms with van der Waals surface area (Å²) in [7, 11) is 0. The fourth-order valence-electron chi connectivity index (χ4n) is 2.40. The number of halogens is 1. The van der Waals surface area contributed by atoms with Crippen LogP contribution in [0.3, 0.4) is 0 Å². The van der Waals surface area contributed by atoms with E-state index in [1.165, 1.54) is 11.3 Å². The zero-order chi connectivity index (χ0) is 16.5. The van der Waals surface area contributed by atoms with E-state index in [1.807, 2.05) is 35.7 Å². The molecule has 0 aliphatic carbocycles. The van der Waals surface area contributed by atoms with E-state index in [2.05, 4.69) is 30.9 Å². The number of thiazole rings is 1. The summed E-state index contributed by atoms with van der Waals surface area (Å²) >= 11 is 4.91. The standard InChI is InChI=1S/C17H11BrN4OS/c18-11-4-5-14-13(7-11)17(23)22(10-20-14)8-12-9-24-16(21-12)15-3-1-2-6-19-15/h1-7,9-10H,8H2. The van der Waals surface area contributed by atoms with Gasteiger partial charge in [-0.2, -0.15) is 0 Å². The van der Waals surface area contributed by atoms with Crippen LogP contribution < -0.4 is 5.56 Å². The normalized spacial score (nSPS) is 11.0. The molecular weight excluding hydrogens is 388 g/mol. The molecule has 3 heterocycles. The lowest BCUT2D eigenvalue weighted by Gasteiger charge is -2.05. The van der Waals surface area contributed by atoms with Crippen molar-refractivity contribution in [2.24, 2.45) is 0 Å². The van der Waals surface area contributed by atoms with Crippen molar-refractivity contribution < 1.29 is 0 Å². The summed E-state index contributed by atoms with van der Waals surface area (Å²) in [6, 6.07) is 11.2. The molecule has 0 bridgehead atoms. The maximum absolute atomic E-state index is 12.6. The SMILES string of the molecule is O=c1c2cc(Br)ccc2ncn1Cc1csc(-c2ccccn2)n1. The molecule has 0 aliphatic heterocycles. The Kier molecular flexibility index (Phi) is 3.95. The van der Waals surface area contributed by atoms with E-state index in [1.54, 1.807) is 23.2 Å². The summed E-state index contributed by atoms with van der Waals surface area (Å²) in [5.74, 6) is 0. The number of pyridine rings is 1. The topological polar surface area (TPSA) is 60.7 Å². The monoisotopic (exact) mass is 398 g/mol. The number of aromatic nitrogens is 4. The molecule has 0 amide bonds. The molecule has 118 valence electrons. The first-order valence-corrected chi connectivity index (χ1v) is 8.88. The van der Waals surface area contributed by atoms with Crippen molar-refractivity contribution in [3.8, 4) is 10.7 Å². The van der Waals surface area contributed by atoms with Gasteiger partial charge in [0.15, 0.2) is 0 Å². The Hall–Kier alpha value is -2.38. The Morgan fingerprint density at radius 1 is 1.17 bits per heavy atom. The molecule has 0 aliphatic rings. The molecule has 24 heavy (non-hydrogen) atoms. The fourth-order valence-corrected chi connectivity index (χ4v) is 3.55. The largest absolute Gasteiger partial charge is 0.293 e. The van der Waals surface area contributed by atoms with E-state index >= 15 is 0 Å². The Bertz CT molecular complexity index is 1070. The minimum atomic E-state index is -0.0753. The van der Waals surface area contributed by atoms with Gasteiger partial charge >= 0.3 is 0 Å². The molecule has 0 saturated carbocycles. The molecule has 7 heteroatoms. The van der Waals surface area contributed by atoms with Gasteiger partial charge in [0, 0.05) is 16.0 Å². The summed E-state index contributed by atoms with van der Waals surface area (Å²) in [4.78, 5) is 25.8. The first-order valence-electron chi connectivity index (χ1n) is 7.21. The quantitative estimate of drug-likeness (QED) is 0.527. The number of hydrogen-bond acceptors (Lipinski definition) is 5. The predicted octanol–water partition coefficient (Wildman–Crippen LogP) is 3.73. The maximum atomic E-state index is 12.6. The number of benzene rings is 1. The molecule has 0 N–H and O–H groups in total. The second kappa shape index (κ2) is 6.26. The van der Waals surface area contributed by atoms with Crippen LogP contribution in [0.2, 0.25) is 0 Å². The van der Waals surface area contributed by atoms with Crippen molar-refractivity contribution in [1.82, 2.24) is 19.5 Å². The zero-order valence-corrected chi connectivity index (χ0v) is 14.8. The molecular formula is C17H11BrN4OS. The first-order chi connectivity index (χ1) is 11.7. The second-order valence-electron chi connectivity index (χ2n) is 5.20. The van der Waals surface area contributed by atoms with Crippen LogP contribution in [0.25, 0.3) is 21.6 Å². The van der Waals surface area contributed by atoms with Crippen molar-refractivity contribution in [3.05, 3.63) is 74.8 Å². The maximum Gasteiger partial charge on any atom is 0.261 e. The Morgan fingerprint density at radius 3 is 2.92 bits per heavy atom. The van der Waals surface area contributed by atoms with Crippen LogP contribution in [-0.4, -0.2) is 19.5 Å². The van der Waals surface area contributed by atoms with E-state index in [9.17, 15) is 4.79 Å². The Labute approximate surface area is 149 Å². The fraction of sp³-hybridized carbons (Fsp3) is 0.0588. The highest BCUT2D eigenvalue weighted by Gasteiger charge is 2.09. The van der Waals surface area contributed by atoms with Gasteiger partial charge in [-0.3, -0.25) is 14.3 Å². The molecule has 1 aromatic carbocycles. The van der Waals surface area contributed by atoms with E-state index in [0.29, 0.717) is 17.4 Å².